The Morgan fingerprint density at radius 3 is 2.79 bits per heavy atom. The number of anilines is 1. The van der Waals surface area contributed by atoms with E-state index in [2.05, 4.69) is 10.3 Å². The maximum Gasteiger partial charge on any atom is 0.146 e. The van der Waals surface area contributed by atoms with Crippen molar-refractivity contribution in [2.75, 3.05) is 5.32 Å². The Kier molecular flexibility index (Phi) is 2.91. The van der Waals surface area contributed by atoms with Crippen LogP contribution in [0.2, 0.25) is 0 Å². The first-order valence-electron chi connectivity index (χ1n) is 6.16. The zero-order valence-electron chi connectivity index (χ0n) is 10.6. The summed E-state index contributed by atoms with van der Waals surface area (Å²) in [4.78, 5) is 4.48. The minimum Gasteiger partial charge on any atom is -0.377 e. The lowest BCUT2D eigenvalue weighted by Gasteiger charge is -2.08. The number of aryl methyl sites for hydroxylation is 1. The molecule has 0 aliphatic rings. The van der Waals surface area contributed by atoms with Crippen molar-refractivity contribution < 1.29 is 4.39 Å². The molecule has 3 rings (SSSR count). The van der Waals surface area contributed by atoms with E-state index in [0.29, 0.717) is 12.2 Å². The minimum absolute atomic E-state index is 0.242. The van der Waals surface area contributed by atoms with Crippen molar-refractivity contribution in [2.24, 2.45) is 0 Å². The van der Waals surface area contributed by atoms with Gasteiger partial charge in [0.05, 0.1) is 23.6 Å². The molecule has 1 aromatic carbocycles. The molecule has 0 amide bonds. The Balaban J connectivity index is 1.90. The molecule has 2 heterocycles. The van der Waals surface area contributed by atoms with Gasteiger partial charge in [-0.05, 0) is 31.2 Å². The largest absolute Gasteiger partial charge is 0.377 e. The SMILES string of the molecule is Cc1nc2ccccn2c1CNc1ccccc1F. The van der Waals surface area contributed by atoms with Crippen LogP contribution in [0.3, 0.4) is 0 Å². The monoisotopic (exact) mass is 255 g/mol. The lowest BCUT2D eigenvalue weighted by atomic mass is 10.3. The fourth-order valence-electron chi connectivity index (χ4n) is 2.16. The van der Waals surface area contributed by atoms with Crippen molar-refractivity contribution in [3.63, 3.8) is 0 Å². The van der Waals surface area contributed by atoms with Gasteiger partial charge in [0.15, 0.2) is 0 Å². The van der Waals surface area contributed by atoms with Crippen molar-refractivity contribution in [3.05, 3.63) is 65.9 Å². The first kappa shape index (κ1) is 11.7. The molecule has 1 N–H and O–H groups in total. The highest BCUT2D eigenvalue weighted by molar-refractivity contribution is 5.47. The molecule has 4 heteroatoms. The number of rotatable bonds is 3. The number of hydrogen-bond acceptors (Lipinski definition) is 2. The third-order valence-corrected chi connectivity index (χ3v) is 3.15. The number of para-hydroxylation sites is 1. The molecule has 0 saturated heterocycles. The molecule has 96 valence electrons. The van der Waals surface area contributed by atoms with Gasteiger partial charge in [0.2, 0.25) is 0 Å². The molecule has 0 radical (unpaired) electrons. The van der Waals surface area contributed by atoms with E-state index in [-0.39, 0.29) is 5.82 Å². The molecule has 0 aliphatic heterocycles. The average Bonchev–Trinajstić information content (AvgIpc) is 2.74. The molecule has 0 saturated carbocycles. The summed E-state index contributed by atoms with van der Waals surface area (Å²) in [6.07, 6.45) is 1.97. The topological polar surface area (TPSA) is 29.3 Å². The highest BCUT2D eigenvalue weighted by Gasteiger charge is 2.08. The third-order valence-electron chi connectivity index (χ3n) is 3.15. The van der Waals surface area contributed by atoms with E-state index in [0.717, 1.165) is 17.0 Å². The van der Waals surface area contributed by atoms with Gasteiger partial charge < -0.3 is 9.72 Å². The lowest BCUT2D eigenvalue weighted by Crippen LogP contribution is -2.05. The second kappa shape index (κ2) is 4.72. The van der Waals surface area contributed by atoms with Crippen molar-refractivity contribution in [1.82, 2.24) is 9.38 Å². The van der Waals surface area contributed by atoms with Crippen molar-refractivity contribution >= 4 is 11.3 Å². The highest BCUT2D eigenvalue weighted by atomic mass is 19.1. The second-order valence-corrected chi connectivity index (χ2v) is 4.41. The van der Waals surface area contributed by atoms with Crippen LogP contribution in [0.4, 0.5) is 10.1 Å². The van der Waals surface area contributed by atoms with Gasteiger partial charge in [0.25, 0.3) is 0 Å². The zero-order valence-corrected chi connectivity index (χ0v) is 10.6. The number of benzene rings is 1. The maximum atomic E-state index is 13.5. The molecule has 0 unspecified atom stereocenters. The molecule has 3 nitrogen and oxygen atoms in total. The van der Waals surface area contributed by atoms with Gasteiger partial charge in [0.1, 0.15) is 11.5 Å². The van der Waals surface area contributed by atoms with Crippen molar-refractivity contribution in [2.45, 2.75) is 13.5 Å². The van der Waals surface area contributed by atoms with E-state index in [1.807, 2.05) is 41.8 Å². The van der Waals surface area contributed by atoms with Gasteiger partial charge in [0, 0.05) is 6.20 Å². The van der Waals surface area contributed by atoms with Crippen molar-refractivity contribution in [3.8, 4) is 0 Å². The number of pyridine rings is 1. The summed E-state index contributed by atoms with van der Waals surface area (Å²) in [5, 5.41) is 3.11. The van der Waals surface area contributed by atoms with Crippen LogP contribution in [0.1, 0.15) is 11.4 Å². The predicted octanol–water partition coefficient (Wildman–Crippen LogP) is 3.39. The number of hydrogen-bond donors (Lipinski definition) is 1. The van der Waals surface area contributed by atoms with E-state index in [4.69, 9.17) is 0 Å². The van der Waals surface area contributed by atoms with Crippen LogP contribution in [-0.4, -0.2) is 9.38 Å². The molecular formula is C15H14FN3. The van der Waals surface area contributed by atoms with E-state index in [9.17, 15) is 4.39 Å². The second-order valence-electron chi connectivity index (χ2n) is 4.41. The van der Waals surface area contributed by atoms with Crippen LogP contribution in [0.5, 0.6) is 0 Å². The van der Waals surface area contributed by atoms with E-state index in [1.165, 1.54) is 6.07 Å². The molecule has 3 aromatic rings. The van der Waals surface area contributed by atoms with Gasteiger partial charge in [-0.25, -0.2) is 9.37 Å². The van der Waals surface area contributed by atoms with Crippen LogP contribution in [0.15, 0.2) is 48.7 Å². The summed E-state index contributed by atoms with van der Waals surface area (Å²) in [6, 6.07) is 12.5. The van der Waals surface area contributed by atoms with Crippen LogP contribution >= 0.6 is 0 Å². The minimum atomic E-state index is -0.242. The van der Waals surface area contributed by atoms with Gasteiger partial charge in [-0.15, -0.1) is 0 Å². The Hall–Kier alpha value is -2.36. The zero-order chi connectivity index (χ0) is 13.2. The molecular weight excluding hydrogens is 241 g/mol. The smallest absolute Gasteiger partial charge is 0.146 e. The van der Waals surface area contributed by atoms with Gasteiger partial charge in [-0.3, -0.25) is 0 Å². The Labute approximate surface area is 110 Å². The molecule has 0 bridgehead atoms. The Morgan fingerprint density at radius 1 is 1.16 bits per heavy atom. The number of nitrogens with one attached hydrogen (secondary N) is 1. The van der Waals surface area contributed by atoms with E-state index >= 15 is 0 Å². The summed E-state index contributed by atoms with van der Waals surface area (Å²) < 4.78 is 15.6. The number of imidazole rings is 1. The molecule has 0 aliphatic carbocycles. The molecule has 19 heavy (non-hydrogen) atoms. The van der Waals surface area contributed by atoms with Gasteiger partial charge in [-0.1, -0.05) is 18.2 Å². The third kappa shape index (κ3) is 2.17. The molecule has 0 fully saturated rings. The molecule has 0 spiro atoms. The van der Waals surface area contributed by atoms with Crippen LogP contribution in [-0.2, 0) is 6.54 Å². The maximum absolute atomic E-state index is 13.5. The fourth-order valence-corrected chi connectivity index (χ4v) is 2.16. The van der Waals surface area contributed by atoms with E-state index < -0.39 is 0 Å². The summed E-state index contributed by atoms with van der Waals surface area (Å²) in [7, 11) is 0. The lowest BCUT2D eigenvalue weighted by molar-refractivity contribution is 0.630. The Morgan fingerprint density at radius 2 is 1.95 bits per heavy atom. The van der Waals surface area contributed by atoms with Crippen LogP contribution < -0.4 is 5.32 Å². The number of fused-ring (bicyclic) bond motifs is 1. The van der Waals surface area contributed by atoms with Gasteiger partial charge >= 0.3 is 0 Å². The number of halogens is 1. The fraction of sp³-hybridized carbons (Fsp3) is 0.133. The summed E-state index contributed by atoms with van der Waals surface area (Å²) in [5.41, 5.74) is 3.41. The first-order valence-corrected chi connectivity index (χ1v) is 6.16. The molecule has 2 aromatic heterocycles. The van der Waals surface area contributed by atoms with E-state index in [1.54, 1.807) is 12.1 Å². The molecule has 0 atom stereocenters. The average molecular weight is 255 g/mol. The van der Waals surface area contributed by atoms with Gasteiger partial charge in [-0.2, -0.15) is 0 Å². The summed E-state index contributed by atoms with van der Waals surface area (Å²) in [5.74, 6) is -0.242. The van der Waals surface area contributed by atoms with Crippen molar-refractivity contribution in [1.29, 1.82) is 0 Å². The normalized spacial score (nSPS) is 10.8. The summed E-state index contributed by atoms with van der Waals surface area (Å²) >= 11 is 0. The Bertz CT molecular complexity index is 718. The predicted molar refractivity (Wildman–Crippen MR) is 73.7 cm³/mol. The number of aromatic nitrogens is 2. The highest BCUT2D eigenvalue weighted by Crippen LogP contribution is 2.16. The quantitative estimate of drug-likeness (QED) is 0.777. The summed E-state index contributed by atoms with van der Waals surface area (Å²) in [6.45, 7) is 2.50. The van der Waals surface area contributed by atoms with Crippen LogP contribution in [0, 0.1) is 12.7 Å². The standard InChI is InChI=1S/C15H14FN3/c1-11-14(19-9-5-4-8-15(19)18-11)10-17-13-7-3-2-6-12(13)16/h2-9,17H,10H2,1H3. The van der Waals surface area contributed by atoms with Crippen LogP contribution in [0.25, 0.3) is 5.65 Å². The number of nitrogens with zero attached hydrogens (tertiary/aromatic N) is 2. The first-order chi connectivity index (χ1) is 9.25.